The zero-order chi connectivity index (χ0) is 16.9. The smallest absolute Gasteiger partial charge is 0.269 e. The van der Waals surface area contributed by atoms with Crippen LogP contribution in [0.2, 0.25) is 0 Å². The van der Waals surface area contributed by atoms with Gasteiger partial charge in [0, 0.05) is 31.1 Å². The first-order valence-corrected chi connectivity index (χ1v) is 7.12. The highest BCUT2D eigenvalue weighted by atomic mass is 16.6. The molecule has 0 spiro atoms. The van der Waals surface area contributed by atoms with E-state index >= 15 is 0 Å². The number of hydrogen-bond donors (Lipinski definition) is 2. The summed E-state index contributed by atoms with van der Waals surface area (Å²) in [5.41, 5.74) is 0.556. The highest BCUT2D eigenvalue weighted by molar-refractivity contribution is 5.37. The van der Waals surface area contributed by atoms with Crippen LogP contribution < -0.4 is 5.32 Å². The Hall–Kier alpha value is -3.33. The molecule has 2 heterocycles. The van der Waals surface area contributed by atoms with Crippen molar-refractivity contribution in [1.82, 2.24) is 19.7 Å². The molecule has 0 saturated carbocycles. The maximum atomic E-state index is 10.6. The monoisotopic (exact) mass is 326 g/mol. The molecule has 3 rings (SSSR count). The molecular weight excluding hydrogens is 312 g/mol. The maximum Gasteiger partial charge on any atom is 0.269 e. The van der Waals surface area contributed by atoms with Crippen molar-refractivity contribution in [3.05, 3.63) is 70.8 Å². The molecule has 0 amide bonds. The zero-order valence-electron chi connectivity index (χ0n) is 12.5. The van der Waals surface area contributed by atoms with E-state index in [1.807, 2.05) is 0 Å². The molecule has 2 N–H and O–H groups in total. The van der Waals surface area contributed by atoms with E-state index < -0.39 is 11.0 Å². The van der Waals surface area contributed by atoms with Crippen LogP contribution in [0.4, 0.5) is 11.5 Å². The minimum absolute atomic E-state index is 0.0169. The van der Waals surface area contributed by atoms with Crippen LogP contribution in [-0.2, 0) is 0 Å². The summed E-state index contributed by atoms with van der Waals surface area (Å²) < 4.78 is 1.57. The van der Waals surface area contributed by atoms with Crippen LogP contribution in [0.3, 0.4) is 0 Å². The largest absolute Gasteiger partial charge is 0.387 e. The highest BCUT2D eigenvalue weighted by Gasteiger charge is 2.11. The molecule has 0 aliphatic rings. The molecule has 0 unspecified atom stereocenters. The molecule has 0 aliphatic carbocycles. The fourth-order valence-electron chi connectivity index (χ4n) is 2.09. The Labute approximate surface area is 136 Å². The van der Waals surface area contributed by atoms with Gasteiger partial charge < -0.3 is 10.4 Å². The van der Waals surface area contributed by atoms with Crippen LogP contribution in [0.25, 0.3) is 5.82 Å². The Bertz CT molecular complexity index is 819. The fraction of sp³-hybridized carbons (Fsp3) is 0.133. The average molecular weight is 326 g/mol. The van der Waals surface area contributed by atoms with E-state index in [0.29, 0.717) is 17.2 Å². The lowest BCUT2D eigenvalue weighted by molar-refractivity contribution is -0.384. The second kappa shape index (κ2) is 6.84. The van der Waals surface area contributed by atoms with E-state index in [0.717, 1.165) is 0 Å². The van der Waals surface area contributed by atoms with Gasteiger partial charge in [-0.3, -0.25) is 15.1 Å². The van der Waals surface area contributed by atoms with Crippen LogP contribution in [-0.4, -0.2) is 36.3 Å². The van der Waals surface area contributed by atoms with Gasteiger partial charge >= 0.3 is 0 Å². The van der Waals surface area contributed by atoms with Crippen LogP contribution in [0.15, 0.2) is 55.1 Å². The van der Waals surface area contributed by atoms with Gasteiger partial charge in [0.05, 0.1) is 23.4 Å². The molecule has 122 valence electrons. The second-order valence-corrected chi connectivity index (χ2v) is 4.96. The Balaban J connectivity index is 1.65. The third-order valence-corrected chi connectivity index (χ3v) is 3.33. The average Bonchev–Trinajstić information content (AvgIpc) is 3.15. The fourth-order valence-corrected chi connectivity index (χ4v) is 2.09. The number of nitrogens with one attached hydrogen (secondary N) is 1. The molecule has 0 aliphatic heterocycles. The summed E-state index contributed by atoms with van der Waals surface area (Å²) in [7, 11) is 0. The molecule has 0 radical (unpaired) electrons. The van der Waals surface area contributed by atoms with E-state index in [-0.39, 0.29) is 12.2 Å². The SMILES string of the molecule is O=[N+]([O-])c1ccc([C@@H](O)CNc2cncc(-n3cccn3)n2)cc1. The number of anilines is 1. The first-order chi connectivity index (χ1) is 11.6. The van der Waals surface area contributed by atoms with Crippen molar-refractivity contribution in [2.24, 2.45) is 0 Å². The van der Waals surface area contributed by atoms with Crippen LogP contribution >= 0.6 is 0 Å². The summed E-state index contributed by atoms with van der Waals surface area (Å²) in [6.45, 7) is 0.190. The molecule has 0 fully saturated rings. The van der Waals surface area contributed by atoms with Gasteiger partial charge in [-0.1, -0.05) is 0 Å². The minimum atomic E-state index is -0.832. The zero-order valence-corrected chi connectivity index (χ0v) is 12.5. The molecule has 2 aromatic heterocycles. The molecule has 3 aromatic rings. The summed E-state index contributed by atoms with van der Waals surface area (Å²) in [6, 6.07) is 7.54. The highest BCUT2D eigenvalue weighted by Crippen LogP contribution is 2.18. The van der Waals surface area contributed by atoms with Crippen LogP contribution in [0.1, 0.15) is 11.7 Å². The molecule has 24 heavy (non-hydrogen) atoms. The van der Waals surface area contributed by atoms with Gasteiger partial charge in [0.1, 0.15) is 5.82 Å². The van der Waals surface area contributed by atoms with Crippen molar-refractivity contribution in [3.8, 4) is 5.82 Å². The number of non-ortho nitro benzene ring substituents is 1. The molecule has 9 nitrogen and oxygen atoms in total. The predicted molar refractivity (Wildman–Crippen MR) is 85.7 cm³/mol. The minimum Gasteiger partial charge on any atom is -0.387 e. The lowest BCUT2D eigenvalue weighted by Crippen LogP contribution is -2.14. The van der Waals surface area contributed by atoms with Crippen molar-refractivity contribution >= 4 is 11.5 Å². The summed E-state index contributed by atoms with van der Waals surface area (Å²) in [5.74, 6) is 1.04. The van der Waals surface area contributed by atoms with Gasteiger partial charge in [-0.25, -0.2) is 9.67 Å². The number of hydrogen-bond acceptors (Lipinski definition) is 7. The molecule has 0 saturated heterocycles. The summed E-state index contributed by atoms with van der Waals surface area (Å²) in [6.07, 6.45) is 5.67. The van der Waals surface area contributed by atoms with Crippen LogP contribution in [0.5, 0.6) is 0 Å². The molecular formula is C15H14N6O3. The quantitative estimate of drug-likeness (QED) is 0.523. The first kappa shape index (κ1) is 15.6. The van der Waals surface area contributed by atoms with Crippen molar-refractivity contribution in [2.75, 3.05) is 11.9 Å². The first-order valence-electron chi connectivity index (χ1n) is 7.12. The second-order valence-electron chi connectivity index (χ2n) is 4.96. The Morgan fingerprint density at radius 2 is 2.08 bits per heavy atom. The number of nitro groups is 1. The lowest BCUT2D eigenvalue weighted by Gasteiger charge is -2.12. The van der Waals surface area contributed by atoms with Crippen molar-refractivity contribution < 1.29 is 10.0 Å². The number of aliphatic hydroxyl groups is 1. The maximum absolute atomic E-state index is 10.6. The standard InChI is InChI=1S/C15H14N6O3/c22-13(11-2-4-12(5-3-11)21(23)24)8-17-14-9-16-10-15(19-14)20-7-1-6-18-20/h1-7,9-10,13,22H,8H2,(H,17,19)/t13-/m0/s1. The van der Waals surface area contributed by atoms with Gasteiger partial charge in [0.15, 0.2) is 5.82 Å². The van der Waals surface area contributed by atoms with Gasteiger partial charge in [-0.15, -0.1) is 0 Å². The third kappa shape index (κ3) is 3.52. The van der Waals surface area contributed by atoms with E-state index in [1.54, 1.807) is 29.3 Å². The van der Waals surface area contributed by atoms with Crippen molar-refractivity contribution in [2.45, 2.75) is 6.10 Å². The Kier molecular flexibility index (Phi) is 4.43. The molecule has 0 bridgehead atoms. The number of benzene rings is 1. The summed E-state index contributed by atoms with van der Waals surface area (Å²) in [5, 5.41) is 27.9. The topological polar surface area (TPSA) is 119 Å². The number of aromatic nitrogens is 4. The summed E-state index contributed by atoms with van der Waals surface area (Å²) in [4.78, 5) is 18.6. The van der Waals surface area contributed by atoms with E-state index in [2.05, 4.69) is 20.4 Å². The summed E-state index contributed by atoms with van der Waals surface area (Å²) >= 11 is 0. The van der Waals surface area contributed by atoms with E-state index in [1.165, 1.54) is 30.5 Å². The number of rotatable bonds is 6. The predicted octanol–water partition coefficient (Wildman–Crippen LogP) is 1.72. The van der Waals surface area contributed by atoms with Gasteiger partial charge in [0.25, 0.3) is 5.69 Å². The van der Waals surface area contributed by atoms with E-state index in [4.69, 9.17) is 0 Å². The number of aliphatic hydroxyl groups excluding tert-OH is 1. The lowest BCUT2D eigenvalue weighted by atomic mass is 10.1. The van der Waals surface area contributed by atoms with Crippen molar-refractivity contribution in [1.29, 1.82) is 0 Å². The number of nitro benzene ring substituents is 1. The third-order valence-electron chi connectivity index (χ3n) is 3.33. The molecule has 9 heteroatoms. The molecule has 1 aromatic carbocycles. The van der Waals surface area contributed by atoms with Gasteiger partial charge in [-0.05, 0) is 23.8 Å². The van der Waals surface area contributed by atoms with Crippen LogP contribution in [0, 0.1) is 10.1 Å². The Morgan fingerprint density at radius 3 is 2.75 bits per heavy atom. The van der Waals surface area contributed by atoms with E-state index in [9.17, 15) is 15.2 Å². The van der Waals surface area contributed by atoms with Crippen molar-refractivity contribution in [3.63, 3.8) is 0 Å². The van der Waals surface area contributed by atoms with Gasteiger partial charge in [0.2, 0.25) is 0 Å². The molecule has 1 atom stereocenters. The number of nitrogens with zero attached hydrogens (tertiary/aromatic N) is 5. The normalized spacial score (nSPS) is 11.9. The Morgan fingerprint density at radius 1 is 1.29 bits per heavy atom. The van der Waals surface area contributed by atoms with Gasteiger partial charge in [-0.2, -0.15) is 5.10 Å².